The number of carbonyl (C=O) groups excluding carboxylic acids is 2. The van der Waals surface area contributed by atoms with Gasteiger partial charge in [0, 0.05) is 18.1 Å². The van der Waals surface area contributed by atoms with Gasteiger partial charge in [-0.05, 0) is 23.8 Å². The molecule has 2 heterocycles. The minimum atomic E-state index is -0.380. The SMILES string of the molecule is O=C(CSC1=NC2NNCC2C(=O)N1c1ccc(Cl)cc1Cl)NCc1ccccc1. The zero-order chi connectivity index (χ0) is 21.1. The predicted molar refractivity (Wildman–Crippen MR) is 121 cm³/mol. The molecule has 0 saturated carbocycles. The second kappa shape index (κ2) is 9.36. The summed E-state index contributed by atoms with van der Waals surface area (Å²) < 4.78 is 0. The molecular weight excluding hydrogens is 445 g/mol. The van der Waals surface area contributed by atoms with Crippen molar-refractivity contribution in [3.8, 4) is 0 Å². The number of thioether (sulfide) groups is 1. The topological polar surface area (TPSA) is 85.8 Å². The molecule has 2 aliphatic heterocycles. The van der Waals surface area contributed by atoms with Crippen molar-refractivity contribution in [2.24, 2.45) is 10.9 Å². The Kier molecular flexibility index (Phi) is 6.60. The van der Waals surface area contributed by atoms with Gasteiger partial charge in [0.05, 0.1) is 22.4 Å². The van der Waals surface area contributed by atoms with Crippen molar-refractivity contribution in [3.63, 3.8) is 0 Å². The highest BCUT2D eigenvalue weighted by atomic mass is 35.5. The fourth-order valence-corrected chi connectivity index (χ4v) is 4.59. The highest BCUT2D eigenvalue weighted by Crippen LogP contribution is 2.35. The maximum atomic E-state index is 13.2. The highest BCUT2D eigenvalue weighted by molar-refractivity contribution is 8.14. The Morgan fingerprint density at radius 1 is 1.23 bits per heavy atom. The number of amides is 2. The van der Waals surface area contributed by atoms with Crippen LogP contribution in [0.25, 0.3) is 0 Å². The number of aliphatic imine (C=N–C) groups is 1. The summed E-state index contributed by atoms with van der Waals surface area (Å²) in [7, 11) is 0. The summed E-state index contributed by atoms with van der Waals surface area (Å²) in [6.07, 6.45) is -0.380. The van der Waals surface area contributed by atoms with Gasteiger partial charge in [0.1, 0.15) is 6.17 Å². The number of hydrazine groups is 1. The maximum absolute atomic E-state index is 13.2. The van der Waals surface area contributed by atoms with Crippen molar-refractivity contribution in [2.75, 3.05) is 17.2 Å². The van der Waals surface area contributed by atoms with Crippen LogP contribution in [-0.4, -0.2) is 35.4 Å². The van der Waals surface area contributed by atoms with Gasteiger partial charge in [-0.25, -0.2) is 10.4 Å². The zero-order valence-corrected chi connectivity index (χ0v) is 18.1. The minimum Gasteiger partial charge on any atom is -0.351 e. The predicted octanol–water partition coefficient (Wildman–Crippen LogP) is 2.80. The molecule has 1 fully saturated rings. The van der Waals surface area contributed by atoms with Crippen molar-refractivity contribution in [1.29, 1.82) is 0 Å². The number of anilines is 1. The third-order valence-corrected chi connectivity index (χ3v) is 6.24. The maximum Gasteiger partial charge on any atom is 0.241 e. The average molecular weight is 464 g/mol. The lowest BCUT2D eigenvalue weighted by atomic mass is 10.0. The second-order valence-electron chi connectivity index (χ2n) is 6.81. The first-order valence-corrected chi connectivity index (χ1v) is 11.1. The van der Waals surface area contributed by atoms with Crippen LogP contribution in [0.15, 0.2) is 53.5 Å². The molecule has 0 aliphatic carbocycles. The van der Waals surface area contributed by atoms with Crippen LogP contribution in [-0.2, 0) is 16.1 Å². The number of amidine groups is 1. The Bertz CT molecular complexity index is 988. The van der Waals surface area contributed by atoms with Gasteiger partial charge in [-0.15, -0.1) is 0 Å². The van der Waals surface area contributed by atoms with Crippen molar-refractivity contribution in [3.05, 3.63) is 64.1 Å². The van der Waals surface area contributed by atoms with Gasteiger partial charge in [-0.1, -0.05) is 65.3 Å². The van der Waals surface area contributed by atoms with E-state index in [9.17, 15) is 9.59 Å². The standard InChI is InChI=1S/C20H19Cl2N5O2S/c21-13-6-7-16(15(22)8-13)27-19(29)14-10-24-26-18(14)25-20(27)30-11-17(28)23-9-12-4-2-1-3-5-12/h1-8,14,18,24,26H,9-11H2,(H,23,28). The fourth-order valence-electron chi connectivity index (χ4n) is 3.23. The number of halogens is 2. The van der Waals surface area contributed by atoms with Gasteiger partial charge < -0.3 is 5.32 Å². The van der Waals surface area contributed by atoms with E-state index >= 15 is 0 Å². The van der Waals surface area contributed by atoms with Gasteiger partial charge in [0.2, 0.25) is 11.8 Å². The normalized spacial score (nSPS) is 20.7. The molecule has 2 aliphatic rings. The molecule has 30 heavy (non-hydrogen) atoms. The highest BCUT2D eigenvalue weighted by Gasteiger charge is 2.42. The molecule has 0 spiro atoms. The molecule has 0 radical (unpaired) electrons. The van der Waals surface area contributed by atoms with Crippen LogP contribution in [0.5, 0.6) is 0 Å². The smallest absolute Gasteiger partial charge is 0.241 e. The molecule has 2 aromatic carbocycles. The average Bonchev–Trinajstić information content (AvgIpc) is 3.21. The number of carbonyl (C=O) groups is 2. The number of nitrogens with zero attached hydrogens (tertiary/aromatic N) is 2. The third kappa shape index (κ3) is 4.63. The summed E-state index contributed by atoms with van der Waals surface area (Å²) in [5.41, 5.74) is 7.47. The van der Waals surface area contributed by atoms with E-state index in [4.69, 9.17) is 23.2 Å². The summed E-state index contributed by atoms with van der Waals surface area (Å²) in [5.74, 6) is -0.524. The fraction of sp³-hybridized carbons (Fsp3) is 0.250. The lowest BCUT2D eigenvalue weighted by Crippen LogP contribution is -2.49. The van der Waals surface area contributed by atoms with E-state index in [1.165, 1.54) is 16.7 Å². The van der Waals surface area contributed by atoms with E-state index in [-0.39, 0.29) is 29.7 Å². The molecule has 2 atom stereocenters. The molecule has 3 N–H and O–H groups in total. The number of hydrogen-bond donors (Lipinski definition) is 3. The van der Waals surface area contributed by atoms with Crippen LogP contribution in [0.3, 0.4) is 0 Å². The van der Waals surface area contributed by atoms with Gasteiger partial charge in [-0.3, -0.25) is 19.9 Å². The summed E-state index contributed by atoms with van der Waals surface area (Å²) >= 11 is 13.6. The minimum absolute atomic E-state index is 0.117. The van der Waals surface area contributed by atoms with Gasteiger partial charge in [0.25, 0.3) is 0 Å². The number of hydrogen-bond acceptors (Lipinski definition) is 6. The Hall–Kier alpha value is -2.10. The summed E-state index contributed by atoms with van der Waals surface area (Å²) in [4.78, 5) is 31.7. The largest absolute Gasteiger partial charge is 0.351 e. The van der Waals surface area contributed by atoms with E-state index in [0.717, 1.165) is 5.56 Å². The van der Waals surface area contributed by atoms with Gasteiger partial charge >= 0.3 is 0 Å². The number of rotatable bonds is 5. The lowest BCUT2D eigenvalue weighted by Gasteiger charge is -2.32. The van der Waals surface area contributed by atoms with Crippen molar-refractivity contribution < 1.29 is 9.59 Å². The molecule has 4 rings (SSSR count). The van der Waals surface area contributed by atoms with Crippen LogP contribution in [0, 0.1) is 5.92 Å². The van der Waals surface area contributed by atoms with E-state index in [0.29, 0.717) is 34.0 Å². The first-order chi connectivity index (χ1) is 14.5. The van der Waals surface area contributed by atoms with E-state index in [1.807, 2.05) is 30.3 Å². The van der Waals surface area contributed by atoms with Crippen LogP contribution < -0.4 is 21.1 Å². The molecule has 2 unspecified atom stereocenters. The monoisotopic (exact) mass is 463 g/mol. The molecule has 0 bridgehead atoms. The summed E-state index contributed by atoms with van der Waals surface area (Å²) in [6, 6.07) is 14.6. The van der Waals surface area contributed by atoms with Gasteiger partial charge in [-0.2, -0.15) is 0 Å². The number of benzene rings is 2. The Morgan fingerprint density at radius 2 is 2.03 bits per heavy atom. The van der Waals surface area contributed by atoms with E-state index < -0.39 is 0 Å². The Morgan fingerprint density at radius 3 is 2.80 bits per heavy atom. The molecule has 2 amide bonds. The molecule has 156 valence electrons. The molecule has 1 saturated heterocycles. The van der Waals surface area contributed by atoms with Crippen molar-refractivity contribution in [2.45, 2.75) is 12.7 Å². The first kappa shape index (κ1) is 21.1. The number of fused-ring (bicyclic) bond motifs is 1. The van der Waals surface area contributed by atoms with Crippen molar-refractivity contribution in [1.82, 2.24) is 16.2 Å². The van der Waals surface area contributed by atoms with Crippen LogP contribution in [0.2, 0.25) is 10.0 Å². The third-order valence-electron chi connectivity index (χ3n) is 4.75. The second-order valence-corrected chi connectivity index (χ2v) is 8.59. The molecule has 2 aromatic rings. The summed E-state index contributed by atoms with van der Waals surface area (Å²) in [6.45, 7) is 0.902. The lowest BCUT2D eigenvalue weighted by molar-refractivity contribution is -0.121. The molecule has 10 heteroatoms. The Balaban J connectivity index is 1.49. The van der Waals surface area contributed by atoms with E-state index in [1.54, 1.807) is 18.2 Å². The van der Waals surface area contributed by atoms with E-state index in [2.05, 4.69) is 21.2 Å². The Labute approximate surface area is 188 Å². The summed E-state index contributed by atoms with van der Waals surface area (Å²) in [5, 5.41) is 4.11. The van der Waals surface area contributed by atoms with Gasteiger partial charge in [0.15, 0.2) is 5.17 Å². The molecule has 7 nitrogen and oxygen atoms in total. The van der Waals surface area contributed by atoms with Crippen LogP contribution >= 0.6 is 35.0 Å². The molecule has 0 aromatic heterocycles. The van der Waals surface area contributed by atoms with Crippen molar-refractivity contribution >= 4 is 57.6 Å². The first-order valence-electron chi connectivity index (χ1n) is 9.31. The van der Waals surface area contributed by atoms with Crippen LogP contribution in [0.1, 0.15) is 5.56 Å². The molecular formula is C20H19Cl2N5O2S. The van der Waals surface area contributed by atoms with Crippen LogP contribution in [0.4, 0.5) is 5.69 Å². The number of nitrogens with one attached hydrogen (secondary N) is 3. The quantitative estimate of drug-likeness (QED) is 0.634. The zero-order valence-electron chi connectivity index (χ0n) is 15.8.